The van der Waals surface area contributed by atoms with Crippen molar-refractivity contribution in [3.8, 4) is 0 Å². The molecule has 28 heavy (non-hydrogen) atoms. The van der Waals surface area contributed by atoms with Gasteiger partial charge in [0.15, 0.2) is 0 Å². The van der Waals surface area contributed by atoms with Crippen molar-refractivity contribution in [2.75, 3.05) is 6.61 Å². The molecule has 4 heteroatoms. The first kappa shape index (κ1) is 19.4. The largest absolute Gasteiger partial charge is 0.462 e. The quantitative estimate of drug-likeness (QED) is 0.570. The Kier molecular flexibility index (Phi) is 5.19. The van der Waals surface area contributed by atoms with Gasteiger partial charge in [-0.05, 0) is 34.2 Å². The molecule has 3 nitrogen and oxygen atoms in total. The smallest absolute Gasteiger partial charge is 0.306 e. The Morgan fingerprint density at radius 2 is 1.54 bits per heavy atom. The van der Waals surface area contributed by atoms with Crippen molar-refractivity contribution in [2.45, 2.75) is 51.2 Å². The number of rotatable bonds is 5. The van der Waals surface area contributed by atoms with Crippen LogP contribution < -0.4 is 10.4 Å². The second-order valence-corrected chi connectivity index (χ2v) is 13.5. The topological polar surface area (TPSA) is 35.5 Å². The van der Waals surface area contributed by atoms with Gasteiger partial charge in [-0.2, -0.15) is 0 Å². The Hall–Kier alpha value is -1.91. The maximum atomic E-state index is 11.8. The van der Waals surface area contributed by atoms with E-state index < -0.39 is 8.32 Å². The minimum atomic E-state index is -2.50. The Balaban J connectivity index is 1.70. The molecule has 3 atom stereocenters. The second kappa shape index (κ2) is 7.49. The van der Waals surface area contributed by atoms with Crippen LogP contribution in [0.2, 0.25) is 5.04 Å². The molecule has 0 unspecified atom stereocenters. The first-order valence-electron chi connectivity index (χ1n) is 10.4. The van der Waals surface area contributed by atoms with Gasteiger partial charge in [0.2, 0.25) is 0 Å². The molecular formula is C24H30O3Si. The van der Waals surface area contributed by atoms with Crippen molar-refractivity contribution in [1.82, 2.24) is 0 Å². The molecule has 4 rings (SSSR count). The van der Waals surface area contributed by atoms with E-state index in [1.807, 2.05) is 0 Å². The summed E-state index contributed by atoms with van der Waals surface area (Å²) >= 11 is 0. The zero-order valence-corrected chi connectivity index (χ0v) is 18.1. The first-order valence-corrected chi connectivity index (χ1v) is 12.3. The number of hydrogen-bond acceptors (Lipinski definition) is 3. The van der Waals surface area contributed by atoms with Gasteiger partial charge in [0.05, 0.1) is 6.42 Å². The predicted molar refractivity (Wildman–Crippen MR) is 114 cm³/mol. The molecule has 0 aromatic heterocycles. The van der Waals surface area contributed by atoms with Gasteiger partial charge in [-0.3, -0.25) is 4.79 Å². The van der Waals surface area contributed by atoms with Crippen molar-refractivity contribution in [1.29, 1.82) is 0 Å². The van der Waals surface area contributed by atoms with Crippen molar-refractivity contribution >= 4 is 24.7 Å². The summed E-state index contributed by atoms with van der Waals surface area (Å²) in [6.45, 7) is 7.61. The monoisotopic (exact) mass is 394 g/mol. The third-order valence-electron chi connectivity index (χ3n) is 6.52. The standard InChI is InChI=1S/C24H30O3Si/c1-24(2,3)28(19-10-6-4-7-11-19,20-12-8-5-9-13-20)26-17-18-14-15-22-21(18)16-23(25)27-22/h4-13,18,21-22H,14-17H2,1-3H3/t18-,21-,22+/m0/s1. The zero-order chi connectivity index (χ0) is 19.8. The molecule has 2 aromatic rings. The van der Waals surface area contributed by atoms with Crippen molar-refractivity contribution in [3.05, 3.63) is 60.7 Å². The average molecular weight is 395 g/mol. The molecule has 2 aliphatic rings. The van der Waals surface area contributed by atoms with E-state index in [0.717, 1.165) is 12.8 Å². The van der Waals surface area contributed by atoms with Crippen LogP contribution in [0.3, 0.4) is 0 Å². The summed E-state index contributed by atoms with van der Waals surface area (Å²) in [6.07, 6.45) is 2.73. The predicted octanol–water partition coefficient (Wildman–Crippen LogP) is 3.90. The Bertz CT molecular complexity index is 773. The van der Waals surface area contributed by atoms with Crippen LogP contribution in [-0.2, 0) is 14.0 Å². The number of ether oxygens (including phenoxy) is 1. The van der Waals surface area contributed by atoms with Crippen LogP contribution in [0.5, 0.6) is 0 Å². The Morgan fingerprint density at radius 1 is 0.964 bits per heavy atom. The number of esters is 1. The van der Waals surface area contributed by atoms with Gasteiger partial charge in [-0.1, -0.05) is 81.4 Å². The van der Waals surface area contributed by atoms with E-state index in [1.165, 1.54) is 10.4 Å². The fraction of sp³-hybridized carbons (Fsp3) is 0.458. The lowest BCUT2D eigenvalue weighted by Gasteiger charge is -2.43. The molecule has 1 saturated heterocycles. The van der Waals surface area contributed by atoms with Gasteiger partial charge in [0.1, 0.15) is 6.10 Å². The molecule has 1 heterocycles. The van der Waals surface area contributed by atoms with Gasteiger partial charge in [0, 0.05) is 12.5 Å². The van der Waals surface area contributed by atoms with Gasteiger partial charge >= 0.3 is 5.97 Å². The minimum Gasteiger partial charge on any atom is -0.462 e. The van der Waals surface area contributed by atoms with E-state index in [-0.39, 0.29) is 17.1 Å². The molecule has 0 amide bonds. The first-order chi connectivity index (χ1) is 13.4. The van der Waals surface area contributed by atoms with Gasteiger partial charge in [0.25, 0.3) is 8.32 Å². The summed E-state index contributed by atoms with van der Waals surface area (Å²) in [5.41, 5.74) is 0. The van der Waals surface area contributed by atoms with Crippen molar-refractivity contribution in [3.63, 3.8) is 0 Å². The average Bonchev–Trinajstić information content (AvgIpc) is 3.22. The highest BCUT2D eigenvalue weighted by molar-refractivity contribution is 6.99. The molecule has 0 N–H and O–H groups in total. The normalized spacial score (nSPS) is 24.8. The van der Waals surface area contributed by atoms with E-state index in [9.17, 15) is 4.79 Å². The Labute approximate surface area is 169 Å². The highest BCUT2D eigenvalue weighted by Gasteiger charge is 2.52. The van der Waals surface area contributed by atoms with Gasteiger partial charge in [-0.25, -0.2) is 0 Å². The molecule has 0 bridgehead atoms. The maximum absolute atomic E-state index is 11.8. The molecule has 1 saturated carbocycles. The molecule has 2 aromatic carbocycles. The van der Waals surface area contributed by atoms with Crippen LogP contribution in [0.25, 0.3) is 0 Å². The lowest BCUT2D eigenvalue weighted by Crippen LogP contribution is -2.67. The second-order valence-electron chi connectivity index (χ2n) is 9.21. The Morgan fingerprint density at radius 3 is 2.07 bits per heavy atom. The molecule has 0 radical (unpaired) electrons. The molecule has 0 spiro atoms. The van der Waals surface area contributed by atoms with E-state index in [0.29, 0.717) is 24.9 Å². The van der Waals surface area contributed by atoms with E-state index in [4.69, 9.17) is 9.16 Å². The van der Waals surface area contributed by atoms with Crippen LogP contribution >= 0.6 is 0 Å². The third kappa shape index (κ3) is 3.33. The SMILES string of the molecule is CC(C)(C)[Si](OC[C@@H]1CC[C@H]2OC(=O)C[C@@H]12)(c1ccccc1)c1ccccc1. The summed E-state index contributed by atoms with van der Waals surface area (Å²) in [5, 5.41) is 2.60. The van der Waals surface area contributed by atoms with E-state index in [1.54, 1.807) is 0 Å². The summed E-state index contributed by atoms with van der Waals surface area (Å²) < 4.78 is 12.6. The highest BCUT2D eigenvalue weighted by Crippen LogP contribution is 2.43. The molecule has 2 fully saturated rings. The maximum Gasteiger partial charge on any atom is 0.306 e. The highest BCUT2D eigenvalue weighted by atomic mass is 28.4. The summed E-state index contributed by atoms with van der Waals surface area (Å²) in [4.78, 5) is 11.8. The van der Waals surface area contributed by atoms with E-state index >= 15 is 0 Å². The summed E-state index contributed by atoms with van der Waals surface area (Å²) in [5.74, 6) is 0.689. The number of carbonyl (C=O) groups excluding carboxylic acids is 1. The molecular weight excluding hydrogens is 364 g/mol. The van der Waals surface area contributed by atoms with Crippen LogP contribution in [0.4, 0.5) is 0 Å². The minimum absolute atomic E-state index is 0.0181. The summed E-state index contributed by atoms with van der Waals surface area (Å²) in [6, 6.07) is 21.5. The van der Waals surface area contributed by atoms with Gasteiger partial charge < -0.3 is 9.16 Å². The van der Waals surface area contributed by atoms with Crippen molar-refractivity contribution in [2.24, 2.45) is 11.8 Å². The number of fused-ring (bicyclic) bond motifs is 1. The molecule has 148 valence electrons. The lowest BCUT2D eigenvalue weighted by molar-refractivity contribution is -0.141. The fourth-order valence-corrected chi connectivity index (χ4v) is 9.78. The molecule has 1 aliphatic carbocycles. The van der Waals surface area contributed by atoms with Crippen LogP contribution in [-0.4, -0.2) is 27.0 Å². The third-order valence-corrected chi connectivity index (χ3v) is 11.5. The zero-order valence-electron chi connectivity index (χ0n) is 17.1. The van der Waals surface area contributed by atoms with Crippen LogP contribution in [0.1, 0.15) is 40.0 Å². The number of benzene rings is 2. The summed E-state index contributed by atoms with van der Waals surface area (Å²) in [7, 11) is -2.50. The lowest BCUT2D eigenvalue weighted by atomic mass is 9.94. The van der Waals surface area contributed by atoms with Crippen LogP contribution in [0, 0.1) is 11.8 Å². The van der Waals surface area contributed by atoms with Gasteiger partial charge in [-0.15, -0.1) is 0 Å². The fourth-order valence-electron chi connectivity index (χ4n) is 5.16. The number of carbonyl (C=O) groups is 1. The number of hydrogen-bond donors (Lipinski definition) is 0. The van der Waals surface area contributed by atoms with Crippen molar-refractivity contribution < 1.29 is 14.0 Å². The van der Waals surface area contributed by atoms with E-state index in [2.05, 4.69) is 81.4 Å². The van der Waals surface area contributed by atoms with Crippen LogP contribution in [0.15, 0.2) is 60.7 Å². The molecule has 1 aliphatic heterocycles.